The molecule has 4 heteroatoms. The Morgan fingerprint density at radius 1 is 1.35 bits per heavy atom. The smallest absolute Gasteiger partial charge is 0.413 e. The number of carbonyl (C=O) groups excluding carboxylic acids is 2. The van der Waals surface area contributed by atoms with Gasteiger partial charge < -0.3 is 4.74 Å². The lowest BCUT2D eigenvalue weighted by Gasteiger charge is -2.29. The quantitative estimate of drug-likeness (QED) is 0.669. The molecular formula is C13H21NO3. The molecule has 96 valence electrons. The molecule has 0 atom stereocenters. The first-order valence-electron chi connectivity index (χ1n) is 6.18. The Morgan fingerprint density at radius 2 is 2.06 bits per heavy atom. The van der Waals surface area contributed by atoms with E-state index in [1.165, 1.54) is 24.9 Å². The first-order valence-corrected chi connectivity index (χ1v) is 6.18. The second kappa shape index (κ2) is 6.42. The summed E-state index contributed by atoms with van der Waals surface area (Å²) in [5.41, 5.74) is 1.65. The minimum atomic E-state index is -0.404. The van der Waals surface area contributed by atoms with Gasteiger partial charge in [0, 0.05) is 18.3 Å². The number of methoxy groups -OCH3 is 1. The van der Waals surface area contributed by atoms with E-state index in [-0.39, 0.29) is 5.78 Å². The number of amides is 1. The summed E-state index contributed by atoms with van der Waals surface area (Å²) in [5, 5.41) is 0. The summed E-state index contributed by atoms with van der Waals surface area (Å²) < 4.78 is 4.64. The molecule has 1 amide bonds. The predicted octanol–water partition coefficient (Wildman–Crippen LogP) is 2.88. The van der Waals surface area contributed by atoms with Gasteiger partial charge in [0.1, 0.15) is 0 Å². The molecule has 0 aromatic heterocycles. The SMILES string of the molecule is CCCCCCC1=C(N(C)C(=O)OC)CC1=O. The molecule has 0 radical (unpaired) electrons. The van der Waals surface area contributed by atoms with Gasteiger partial charge >= 0.3 is 6.09 Å². The predicted molar refractivity (Wildman–Crippen MR) is 65.6 cm³/mol. The number of rotatable bonds is 6. The van der Waals surface area contributed by atoms with Crippen molar-refractivity contribution in [3.63, 3.8) is 0 Å². The average molecular weight is 239 g/mol. The van der Waals surface area contributed by atoms with E-state index >= 15 is 0 Å². The van der Waals surface area contributed by atoms with Crippen LogP contribution in [-0.4, -0.2) is 30.9 Å². The summed E-state index contributed by atoms with van der Waals surface area (Å²) in [6.07, 6.45) is 5.30. The fourth-order valence-electron chi connectivity index (χ4n) is 2.00. The number of carbonyl (C=O) groups is 2. The topological polar surface area (TPSA) is 46.6 Å². The Labute approximate surface area is 103 Å². The van der Waals surface area contributed by atoms with Gasteiger partial charge in [-0.15, -0.1) is 0 Å². The molecule has 1 rings (SSSR count). The Hall–Kier alpha value is -1.32. The lowest BCUT2D eigenvalue weighted by atomic mass is 9.87. The molecule has 0 aromatic rings. The van der Waals surface area contributed by atoms with E-state index < -0.39 is 6.09 Å². The summed E-state index contributed by atoms with van der Waals surface area (Å²) in [7, 11) is 3.00. The Balaban J connectivity index is 2.54. The third-order valence-electron chi connectivity index (χ3n) is 3.15. The maximum absolute atomic E-state index is 11.5. The van der Waals surface area contributed by atoms with Crippen molar-refractivity contribution in [2.75, 3.05) is 14.2 Å². The first-order chi connectivity index (χ1) is 8.11. The minimum absolute atomic E-state index is 0.173. The van der Waals surface area contributed by atoms with E-state index in [2.05, 4.69) is 11.7 Å². The van der Waals surface area contributed by atoms with Crippen molar-refractivity contribution in [3.8, 4) is 0 Å². The Bertz CT molecular complexity index is 334. The standard InChI is InChI=1S/C13H21NO3/c1-4-5-6-7-8-10-11(9-12(10)15)14(2)13(16)17-3/h4-9H2,1-3H3. The molecule has 4 nitrogen and oxygen atoms in total. The third kappa shape index (κ3) is 3.32. The number of hydrogen-bond donors (Lipinski definition) is 0. The number of unbranched alkanes of at least 4 members (excludes halogenated alkanes) is 3. The van der Waals surface area contributed by atoms with Crippen LogP contribution in [0.3, 0.4) is 0 Å². The van der Waals surface area contributed by atoms with Crippen LogP contribution in [0.2, 0.25) is 0 Å². The molecule has 1 aliphatic rings. The van der Waals surface area contributed by atoms with Crippen molar-refractivity contribution in [2.45, 2.75) is 45.4 Å². The van der Waals surface area contributed by atoms with Crippen LogP contribution in [0, 0.1) is 0 Å². The van der Waals surface area contributed by atoms with Crippen molar-refractivity contribution < 1.29 is 14.3 Å². The van der Waals surface area contributed by atoms with Crippen molar-refractivity contribution >= 4 is 11.9 Å². The Morgan fingerprint density at radius 3 is 2.59 bits per heavy atom. The van der Waals surface area contributed by atoms with Gasteiger partial charge in [0.05, 0.1) is 13.5 Å². The second-order valence-electron chi connectivity index (χ2n) is 4.36. The number of allylic oxidation sites excluding steroid dienone is 2. The van der Waals surface area contributed by atoms with Gasteiger partial charge in [0.15, 0.2) is 5.78 Å². The summed E-state index contributed by atoms with van der Waals surface area (Å²) in [6, 6.07) is 0. The van der Waals surface area contributed by atoms with Gasteiger partial charge in [-0.1, -0.05) is 26.2 Å². The number of ketones is 1. The average Bonchev–Trinajstić information content (AvgIpc) is 2.33. The van der Waals surface area contributed by atoms with E-state index in [1.54, 1.807) is 7.05 Å². The highest BCUT2D eigenvalue weighted by Crippen LogP contribution is 2.30. The fraction of sp³-hybridized carbons (Fsp3) is 0.692. The highest BCUT2D eigenvalue weighted by atomic mass is 16.5. The summed E-state index contributed by atoms with van der Waals surface area (Å²) in [5.74, 6) is 0.173. The highest BCUT2D eigenvalue weighted by molar-refractivity contribution is 6.05. The zero-order valence-electron chi connectivity index (χ0n) is 10.9. The van der Waals surface area contributed by atoms with Crippen molar-refractivity contribution in [3.05, 3.63) is 11.3 Å². The molecule has 0 fully saturated rings. The fourth-order valence-corrected chi connectivity index (χ4v) is 2.00. The number of nitrogens with zero attached hydrogens (tertiary/aromatic N) is 1. The van der Waals surface area contributed by atoms with Crippen molar-refractivity contribution in [1.82, 2.24) is 4.90 Å². The monoisotopic (exact) mass is 239 g/mol. The summed E-state index contributed by atoms with van der Waals surface area (Å²) in [6.45, 7) is 2.16. The lowest BCUT2D eigenvalue weighted by molar-refractivity contribution is -0.117. The molecule has 1 aliphatic carbocycles. The van der Waals surface area contributed by atoms with Gasteiger partial charge in [-0.3, -0.25) is 9.69 Å². The van der Waals surface area contributed by atoms with Crippen LogP contribution in [0.25, 0.3) is 0 Å². The van der Waals surface area contributed by atoms with Crippen molar-refractivity contribution in [2.24, 2.45) is 0 Å². The van der Waals surface area contributed by atoms with Crippen LogP contribution in [0.1, 0.15) is 45.4 Å². The largest absolute Gasteiger partial charge is 0.452 e. The highest BCUT2D eigenvalue weighted by Gasteiger charge is 2.31. The first kappa shape index (κ1) is 13.7. The van der Waals surface area contributed by atoms with Crippen LogP contribution < -0.4 is 0 Å². The van der Waals surface area contributed by atoms with E-state index in [4.69, 9.17) is 0 Å². The van der Waals surface area contributed by atoms with Gasteiger partial charge in [0.25, 0.3) is 0 Å². The zero-order chi connectivity index (χ0) is 12.8. The maximum atomic E-state index is 11.5. The van der Waals surface area contributed by atoms with Crippen LogP contribution in [0.5, 0.6) is 0 Å². The second-order valence-corrected chi connectivity index (χ2v) is 4.36. The number of Topliss-reactive ketones (excluding diaryl/α,β-unsaturated/α-hetero) is 1. The molecule has 0 saturated carbocycles. The van der Waals surface area contributed by atoms with Crippen LogP contribution in [-0.2, 0) is 9.53 Å². The molecule has 0 aliphatic heterocycles. The Kier molecular flexibility index (Phi) is 5.19. The summed E-state index contributed by atoms with van der Waals surface area (Å²) in [4.78, 5) is 24.3. The molecule has 0 unspecified atom stereocenters. The maximum Gasteiger partial charge on any atom is 0.413 e. The number of hydrogen-bond acceptors (Lipinski definition) is 3. The van der Waals surface area contributed by atoms with Crippen LogP contribution in [0.4, 0.5) is 4.79 Å². The molecule has 0 bridgehead atoms. The van der Waals surface area contributed by atoms with Gasteiger partial charge in [-0.25, -0.2) is 4.79 Å². The van der Waals surface area contributed by atoms with E-state index in [1.807, 2.05) is 0 Å². The molecule has 0 saturated heterocycles. The van der Waals surface area contributed by atoms with Crippen molar-refractivity contribution in [1.29, 1.82) is 0 Å². The third-order valence-corrected chi connectivity index (χ3v) is 3.15. The van der Waals surface area contributed by atoms with E-state index in [9.17, 15) is 9.59 Å². The van der Waals surface area contributed by atoms with Gasteiger partial charge in [-0.05, 0) is 12.8 Å². The van der Waals surface area contributed by atoms with E-state index in [0.717, 1.165) is 30.5 Å². The van der Waals surface area contributed by atoms with Crippen LogP contribution in [0.15, 0.2) is 11.3 Å². The van der Waals surface area contributed by atoms with Crippen LogP contribution >= 0.6 is 0 Å². The minimum Gasteiger partial charge on any atom is -0.452 e. The molecule has 0 spiro atoms. The van der Waals surface area contributed by atoms with Gasteiger partial charge in [0.2, 0.25) is 0 Å². The lowest BCUT2D eigenvalue weighted by Crippen LogP contribution is -2.34. The van der Waals surface area contributed by atoms with Gasteiger partial charge in [-0.2, -0.15) is 0 Å². The molecular weight excluding hydrogens is 218 g/mol. The van der Waals surface area contributed by atoms with E-state index in [0.29, 0.717) is 6.42 Å². The molecule has 0 aromatic carbocycles. The number of ether oxygens (including phenoxy) is 1. The zero-order valence-corrected chi connectivity index (χ0v) is 10.9. The molecule has 0 heterocycles. The normalized spacial score (nSPS) is 14.6. The molecule has 17 heavy (non-hydrogen) atoms. The summed E-state index contributed by atoms with van der Waals surface area (Å²) >= 11 is 0. The molecule has 0 N–H and O–H groups in total.